The van der Waals surface area contributed by atoms with E-state index in [1.54, 1.807) is 6.07 Å². The van der Waals surface area contributed by atoms with Crippen molar-refractivity contribution in [3.8, 4) is 0 Å². The number of aromatic nitrogens is 1. The molecule has 4 nitrogen and oxygen atoms in total. The molecule has 0 radical (unpaired) electrons. The Morgan fingerprint density at radius 1 is 1.30 bits per heavy atom. The number of hydrogen-bond donors (Lipinski definition) is 2. The first kappa shape index (κ1) is 17.5. The molecule has 1 aromatic heterocycles. The van der Waals surface area contributed by atoms with Gasteiger partial charge in [0.1, 0.15) is 0 Å². The average molecular weight is 316 g/mol. The predicted octanol–water partition coefficient (Wildman–Crippen LogP) is 3.94. The van der Waals surface area contributed by atoms with Gasteiger partial charge < -0.3 is 15.4 Å². The van der Waals surface area contributed by atoms with Crippen LogP contribution in [0, 0.1) is 0 Å². The quantitative estimate of drug-likeness (QED) is 0.848. The summed E-state index contributed by atoms with van der Waals surface area (Å²) < 4.78 is 2.29. The van der Waals surface area contributed by atoms with Crippen LogP contribution in [0.3, 0.4) is 0 Å². The van der Waals surface area contributed by atoms with Crippen LogP contribution in [0.25, 0.3) is 10.9 Å². The minimum Gasteiger partial charge on any atom is -0.478 e. The average Bonchev–Trinajstić information content (AvgIpc) is 2.81. The molecule has 3 N–H and O–H groups in total. The molecule has 0 unspecified atom stereocenters. The molecule has 0 atom stereocenters. The molecule has 0 saturated carbocycles. The Kier molecular flexibility index (Phi) is 5.15. The Morgan fingerprint density at radius 2 is 2.00 bits per heavy atom. The van der Waals surface area contributed by atoms with Gasteiger partial charge in [0.25, 0.3) is 0 Å². The third-order valence-corrected chi connectivity index (χ3v) is 4.28. The highest BCUT2D eigenvalue weighted by molar-refractivity contribution is 5.97. The SMILES string of the molecule is CCCCn1cc(CCN)c2cc(C(=O)O)cc(C(C)(C)C)c21. The second-order valence-corrected chi connectivity index (χ2v) is 7.22. The second kappa shape index (κ2) is 6.75. The highest BCUT2D eigenvalue weighted by Crippen LogP contribution is 2.34. The summed E-state index contributed by atoms with van der Waals surface area (Å²) in [5.41, 5.74) is 9.39. The molecule has 23 heavy (non-hydrogen) atoms. The van der Waals surface area contributed by atoms with Crippen LogP contribution in [-0.4, -0.2) is 22.2 Å². The number of aryl methyl sites for hydroxylation is 1. The van der Waals surface area contributed by atoms with Crippen molar-refractivity contribution in [3.05, 3.63) is 35.0 Å². The van der Waals surface area contributed by atoms with E-state index in [1.165, 1.54) is 5.52 Å². The number of carboxylic acid groups (broad SMARTS) is 1. The van der Waals surface area contributed by atoms with E-state index in [0.717, 1.165) is 42.3 Å². The van der Waals surface area contributed by atoms with Crippen molar-refractivity contribution in [1.82, 2.24) is 4.57 Å². The van der Waals surface area contributed by atoms with Gasteiger partial charge >= 0.3 is 5.97 Å². The van der Waals surface area contributed by atoms with Crippen LogP contribution in [0.2, 0.25) is 0 Å². The molecular weight excluding hydrogens is 288 g/mol. The molecule has 1 heterocycles. The molecule has 0 fully saturated rings. The molecule has 4 heteroatoms. The first-order valence-corrected chi connectivity index (χ1v) is 8.39. The maximum absolute atomic E-state index is 11.5. The Balaban J connectivity index is 2.79. The standard InChI is InChI=1S/C19H28N2O2/c1-5-6-9-21-12-13(7-8-20)15-10-14(18(22)23)11-16(17(15)21)19(2,3)4/h10-12H,5-9,20H2,1-4H3,(H,22,23). The number of nitrogens with two attached hydrogens (primary N) is 1. The number of carbonyl (C=O) groups is 1. The highest BCUT2D eigenvalue weighted by Gasteiger charge is 2.23. The summed E-state index contributed by atoms with van der Waals surface area (Å²) in [6.45, 7) is 10.1. The van der Waals surface area contributed by atoms with E-state index in [2.05, 4.69) is 38.5 Å². The molecule has 2 aromatic rings. The number of nitrogens with zero attached hydrogens (tertiary/aromatic N) is 1. The van der Waals surface area contributed by atoms with Gasteiger partial charge in [0.05, 0.1) is 11.1 Å². The zero-order valence-electron chi connectivity index (χ0n) is 14.6. The molecule has 0 spiro atoms. The van der Waals surface area contributed by atoms with Crippen molar-refractivity contribution in [2.75, 3.05) is 6.54 Å². The Bertz CT molecular complexity index is 708. The van der Waals surface area contributed by atoms with E-state index in [0.29, 0.717) is 12.1 Å². The summed E-state index contributed by atoms with van der Waals surface area (Å²) in [7, 11) is 0. The van der Waals surface area contributed by atoms with Gasteiger partial charge in [-0.25, -0.2) is 4.79 Å². The maximum atomic E-state index is 11.5. The second-order valence-electron chi connectivity index (χ2n) is 7.22. The zero-order chi connectivity index (χ0) is 17.2. The molecule has 1 aromatic carbocycles. The van der Waals surface area contributed by atoms with Gasteiger partial charge in [-0.2, -0.15) is 0 Å². The molecule has 0 saturated heterocycles. The number of aromatic carboxylic acids is 1. The van der Waals surface area contributed by atoms with Gasteiger partial charge in [0.15, 0.2) is 0 Å². The summed E-state index contributed by atoms with van der Waals surface area (Å²) in [4.78, 5) is 11.5. The normalized spacial score (nSPS) is 12.0. The summed E-state index contributed by atoms with van der Waals surface area (Å²) in [5, 5.41) is 10.5. The minimum atomic E-state index is -0.877. The van der Waals surface area contributed by atoms with Crippen molar-refractivity contribution < 1.29 is 9.90 Å². The van der Waals surface area contributed by atoms with E-state index in [9.17, 15) is 9.90 Å². The fourth-order valence-electron chi connectivity index (χ4n) is 3.07. The molecule has 0 aliphatic carbocycles. The molecular formula is C19H28N2O2. The van der Waals surface area contributed by atoms with Gasteiger partial charge in [-0.1, -0.05) is 34.1 Å². The Morgan fingerprint density at radius 3 is 2.52 bits per heavy atom. The Labute approximate surface area is 138 Å². The molecule has 0 amide bonds. The van der Waals surface area contributed by atoms with E-state index < -0.39 is 5.97 Å². The van der Waals surface area contributed by atoms with Crippen molar-refractivity contribution >= 4 is 16.9 Å². The summed E-state index contributed by atoms with van der Waals surface area (Å²) in [5.74, 6) is -0.877. The third-order valence-electron chi connectivity index (χ3n) is 4.28. The maximum Gasteiger partial charge on any atom is 0.335 e. The summed E-state index contributed by atoms with van der Waals surface area (Å²) >= 11 is 0. The lowest BCUT2D eigenvalue weighted by atomic mass is 9.84. The van der Waals surface area contributed by atoms with Crippen LogP contribution in [-0.2, 0) is 18.4 Å². The van der Waals surface area contributed by atoms with Crippen molar-refractivity contribution in [3.63, 3.8) is 0 Å². The van der Waals surface area contributed by atoms with Crippen LogP contribution < -0.4 is 5.73 Å². The predicted molar refractivity (Wildman–Crippen MR) is 95.3 cm³/mol. The number of benzene rings is 1. The lowest BCUT2D eigenvalue weighted by molar-refractivity contribution is 0.0697. The molecule has 0 aliphatic heterocycles. The van der Waals surface area contributed by atoms with Gasteiger partial charge in [-0.15, -0.1) is 0 Å². The van der Waals surface area contributed by atoms with Gasteiger partial charge in [0.2, 0.25) is 0 Å². The number of hydrogen-bond acceptors (Lipinski definition) is 2. The number of unbranched alkanes of at least 4 members (excludes halogenated alkanes) is 1. The van der Waals surface area contributed by atoms with Crippen molar-refractivity contribution in [1.29, 1.82) is 0 Å². The van der Waals surface area contributed by atoms with Crippen LogP contribution in [0.4, 0.5) is 0 Å². The topological polar surface area (TPSA) is 68.2 Å². The van der Waals surface area contributed by atoms with Gasteiger partial charge in [-0.05, 0) is 48.1 Å². The van der Waals surface area contributed by atoms with Gasteiger partial charge in [-0.3, -0.25) is 0 Å². The highest BCUT2D eigenvalue weighted by atomic mass is 16.4. The summed E-state index contributed by atoms with van der Waals surface area (Å²) in [6.07, 6.45) is 5.16. The molecule has 0 aliphatic rings. The number of carboxylic acids is 1. The monoisotopic (exact) mass is 316 g/mol. The van der Waals surface area contributed by atoms with E-state index in [4.69, 9.17) is 5.73 Å². The number of fused-ring (bicyclic) bond motifs is 1. The lowest BCUT2D eigenvalue weighted by Crippen LogP contribution is -2.15. The van der Waals surface area contributed by atoms with Crippen LogP contribution in [0.15, 0.2) is 18.3 Å². The molecule has 0 bridgehead atoms. The van der Waals surface area contributed by atoms with E-state index in [1.807, 2.05) is 6.07 Å². The number of rotatable bonds is 6. The largest absolute Gasteiger partial charge is 0.478 e. The van der Waals surface area contributed by atoms with E-state index >= 15 is 0 Å². The fraction of sp³-hybridized carbons (Fsp3) is 0.526. The third kappa shape index (κ3) is 3.58. The van der Waals surface area contributed by atoms with Crippen LogP contribution in [0.5, 0.6) is 0 Å². The van der Waals surface area contributed by atoms with Crippen molar-refractivity contribution in [2.45, 2.75) is 58.9 Å². The Hall–Kier alpha value is -1.81. The van der Waals surface area contributed by atoms with Crippen molar-refractivity contribution in [2.24, 2.45) is 5.73 Å². The minimum absolute atomic E-state index is 0.119. The van der Waals surface area contributed by atoms with Crippen LogP contribution in [0.1, 0.15) is 62.0 Å². The summed E-state index contributed by atoms with van der Waals surface area (Å²) in [6, 6.07) is 3.64. The molecule has 2 rings (SSSR count). The lowest BCUT2D eigenvalue weighted by Gasteiger charge is -2.22. The van der Waals surface area contributed by atoms with Gasteiger partial charge in [0, 0.05) is 18.1 Å². The smallest absolute Gasteiger partial charge is 0.335 e. The van der Waals surface area contributed by atoms with Crippen LogP contribution >= 0.6 is 0 Å². The van der Waals surface area contributed by atoms with E-state index in [-0.39, 0.29) is 5.41 Å². The molecule has 126 valence electrons. The first-order chi connectivity index (χ1) is 10.8. The first-order valence-electron chi connectivity index (χ1n) is 8.39. The zero-order valence-corrected chi connectivity index (χ0v) is 14.6. The fourth-order valence-corrected chi connectivity index (χ4v) is 3.07.